The summed E-state index contributed by atoms with van der Waals surface area (Å²) in [4.78, 5) is 0. The number of hydrogen-bond donors (Lipinski definition) is 4. The Morgan fingerprint density at radius 2 is 1.00 bits per heavy atom. The summed E-state index contributed by atoms with van der Waals surface area (Å²) in [6.45, 7) is 0. The lowest BCUT2D eigenvalue weighted by Crippen LogP contribution is -2.35. The summed E-state index contributed by atoms with van der Waals surface area (Å²) in [6, 6.07) is 0. The number of hydrogen-bond acceptors (Lipinski definition) is 4. The number of rotatable bonds is 0. The van der Waals surface area contributed by atoms with Gasteiger partial charge in [0, 0.05) is 12.8 Å². The molecule has 1 aliphatic rings. The lowest BCUT2D eigenvalue weighted by atomic mass is 9.93. The minimum Gasteiger partial charge on any atom is -0.393 e. The molecule has 1 rings (SSSR count). The number of aliphatic hydroxyl groups is 4. The van der Waals surface area contributed by atoms with Crippen LogP contribution in [0.5, 0.6) is 0 Å². The van der Waals surface area contributed by atoms with Crippen molar-refractivity contribution in [2.45, 2.75) is 50.1 Å². The molecule has 1 saturated carbocycles. The van der Waals surface area contributed by atoms with Gasteiger partial charge in [-0.3, -0.25) is 0 Å². The fourth-order valence-corrected chi connectivity index (χ4v) is 1.49. The van der Waals surface area contributed by atoms with Gasteiger partial charge >= 0.3 is 0 Å². The fraction of sp³-hybridized carbons (Fsp3) is 1.00. The molecular formula is C8H16O4. The maximum Gasteiger partial charge on any atom is 0.0824 e. The van der Waals surface area contributed by atoms with E-state index in [1.165, 1.54) is 0 Å². The molecule has 0 aromatic heterocycles. The smallest absolute Gasteiger partial charge is 0.0824 e. The second-order valence-corrected chi connectivity index (χ2v) is 3.49. The highest BCUT2D eigenvalue weighted by atomic mass is 16.3. The Kier molecular flexibility index (Phi) is 3.46. The van der Waals surface area contributed by atoms with E-state index in [1.54, 1.807) is 0 Å². The van der Waals surface area contributed by atoms with Gasteiger partial charge < -0.3 is 20.4 Å². The van der Waals surface area contributed by atoms with Gasteiger partial charge in [0.25, 0.3) is 0 Å². The van der Waals surface area contributed by atoms with Crippen LogP contribution in [-0.2, 0) is 0 Å². The molecule has 0 saturated heterocycles. The Balaban J connectivity index is 2.48. The van der Waals surface area contributed by atoms with Crippen LogP contribution in [0.15, 0.2) is 0 Å². The van der Waals surface area contributed by atoms with Crippen LogP contribution >= 0.6 is 0 Å². The first-order valence-electron chi connectivity index (χ1n) is 4.32. The zero-order chi connectivity index (χ0) is 9.14. The molecule has 12 heavy (non-hydrogen) atoms. The van der Waals surface area contributed by atoms with Crippen molar-refractivity contribution in [1.29, 1.82) is 0 Å². The van der Waals surface area contributed by atoms with Crippen LogP contribution in [0.2, 0.25) is 0 Å². The van der Waals surface area contributed by atoms with Crippen molar-refractivity contribution in [3.05, 3.63) is 0 Å². The minimum absolute atomic E-state index is 0.202. The first kappa shape index (κ1) is 9.92. The summed E-state index contributed by atoms with van der Waals surface area (Å²) in [5.74, 6) is 0. The van der Waals surface area contributed by atoms with Crippen molar-refractivity contribution >= 4 is 0 Å². The summed E-state index contributed by atoms with van der Waals surface area (Å²) in [6.07, 6.45) is -1.64. The Morgan fingerprint density at radius 3 is 1.33 bits per heavy atom. The van der Waals surface area contributed by atoms with E-state index < -0.39 is 24.4 Å². The van der Waals surface area contributed by atoms with E-state index in [0.29, 0.717) is 12.8 Å². The molecular weight excluding hydrogens is 160 g/mol. The van der Waals surface area contributed by atoms with E-state index in [-0.39, 0.29) is 12.8 Å². The lowest BCUT2D eigenvalue weighted by Gasteiger charge is -2.26. The highest BCUT2D eigenvalue weighted by Crippen LogP contribution is 2.18. The van der Waals surface area contributed by atoms with Crippen LogP contribution in [-0.4, -0.2) is 44.8 Å². The van der Waals surface area contributed by atoms with Gasteiger partial charge in [-0.25, -0.2) is 0 Å². The molecule has 4 N–H and O–H groups in total. The summed E-state index contributed by atoms with van der Waals surface area (Å²) < 4.78 is 0. The van der Waals surface area contributed by atoms with Crippen molar-refractivity contribution in [1.82, 2.24) is 0 Å². The van der Waals surface area contributed by atoms with Gasteiger partial charge in [-0.15, -0.1) is 0 Å². The normalized spacial score (nSPS) is 45.0. The molecule has 72 valence electrons. The molecule has 0 radical (unpaired) electrons. The highest BCUT2D eigenvalue weighted by Gasteiger charge is 2.26. The zero-order valence-electron chi connectivity index (χ0n) is 6.93. The van der Waals surface area contributed by atoms with Gasteiger partial charge in [0.1, 0.15) is 0 Å². The van der Waals surface area contributed by atoms with Gasteiger partial charge in [0.15, 0.2) is 0 Å². The van der Waals surface area contributed by atoms with Crippen LogP contribution < -0.4 is 0 Å². The summed E-state index contributed by atoms with van der Waals surface area (Å²) in [5, 5.41) is 37.0. The van der Waals surface area contributed by atoms with Crippen molar-refractivity contribution < 1.29 is 20.4 Å². The molecule has 0 spiro atoms. The van der Waals surface area contributed by atoms with Crippen molar-refractivity contribution in [3.8, 4) is 0 Å². The Labute approximate surface area is 71.5 Å². The maximum atomic E-state index is 9.25. The molecule has 0 heterocycles. The van der Waals surface area contributed by atoms with E-state index in [1.807, 2.05) is 0 Å². The zero-order valence-corrected chi connectivity index (χ0v) is 6.93. The quantitative estimate of drug-likeness (QED) is 0.382. The SMILES string of the molecule is OC1CCC(O)CC(O)C(O)C1. The van der Waals surface area contributed by atoms with E-state index in [4.69, 9.17) is 0 Å². The molecule has 1 aliphatic carbocycles. The third-order valence-corrected chi connectivity index (χ3v) is 2.30. The van der Waals surface area contributed by atoms with Crippen LogP contribution in [0.4, 0.5) is 0 Å². The monoisotopic (exact) mass is 176 g/mol. The largest absolute Gasteiger partial charge is 0.393 e. The van der Waals surface area contributed by atoms with E-state index in [2.05, 4.69) is 0 Å². The molecule has 1 fully saturated rings. The predicted octanol–water partition coefficient (Wildman–Crippen LogP) is -0.996. The van der Waals surface area contributed by atoms with Crippen molar-refractivity contribution in [3.63, 3.8) is 0 Å². The molecule has 0 aliphatic heterocycles. The Bertz CT molecular complexity index is 123. The third-order valence-electron chi connectivity index (χ3n) is 2.30. The minimum atomic E-state index is -0.907. The van der Waals surface area contributed by atoms with Crippen molar-refractivity contribution in [2.75, 3.05) is 0 Å². The van der Waals surface area contributed by atoms with E-state index >= 15 is 0 Å². The second kappa shape index (κ2) is 4.18. The molecule has 4 heteroatoms. The third kappa shape index (κ3) is 2.71. The Hall–Kier alpha value is -0.160. The highest BCUT2D eigenvalue weighted by molar-refractivity contribution is 4.78. The average molecular weight is 176 g/mol. The molecule has 0 amide bonds. The van der Waals surface area contributed by atoms with Crippen molar-refractivity contribution in [2.24, 2.45) is 0 Å². The van der Waals surface area contributed by atoms with Crippen LogP contribution in [0, 0.1) is 0 Å². The van der Waals surface area contributed by atoms with Crippen LogP contribution in [0.25, 0.3) is 0 Å². The summed E-state index contributed by atoms with van der Waals surface area (Å²) in [7, 11) is 0. The van der Waals surface area contributed by atoms with E-state index in [9.17, 15) is 20.4 Å². The second-order valence-electron chi connectivity index (χ2n) is 3.49. The van der Waals surface area contributed by atoms with Crippen LogP contribution in [0.1, 0.15) is 25.7 Å². The number of aliphatic hydroxyl groups excluding tert-OH is 4. The fourth-order valence-electron chi connectivity index (χ4n) is 1.49. The lowest BCUT2D eigenvalue weighted by molar-refractivity contribution is -0.0519. The Morgan fingerprint density at radius 1 is 0.667 bits per heavy atom. The van der Waals surface area contributed by atoms with E-state index in [0.717, 1.165) is 0 Å². The van der Waals surface area contributed by atoms with Gasteiger partial charge in [-0.05, 0) is 12.8 Å². The molecule has 4 nitrogen and oxygen atoms in total. The van der Waals surface area contributed by atoms with Gasteiger partial charge in [-0.1, -0.05) is 0 Å². The molecule has 0 aromatic carbocycles. The molecule has 0 bridgehead atoms. The first-order chi connectivity index (χ1) is 5.59. The maximum absolute atomic E-state index is 9.25. The van der Waals surface area contributed by atoms with Gasteiger partial charge in [0.05, 0.1) is 24.4 Å². The van der Waals surface area contributed by atoms with Gasteiger partial charge in [-0.2, -0.15) is 0 Å². The topological polar surface area (TPSA) is 80.9 Å². The first-order valence-corrected chi connectivity index (χ1v) is 4.32. The standard InChI is InChI=1S/C8H16O4/c9-5-1-2-6(10)4-8(12)7(11)3-5/h5-12H,1-4H2. The molecule has 0 aromatic rings. The summed E-state index contributed by atoms with van der Waals surface area (Å²) in [5.41, 5.74) is 0. The summed E-state index contributed by atoms with van der Waals surface area (Å²) >= 11 is 0. The molecule has 4 unspecified atom stereocenters. The van der Waals surface area contributed by atoms with Crippen LogP contribution in [0.3, 0.4) is 0 Å². The average Bonchev–Trinajstić information content (AvgIpc) is 1.99. The van der Waals surface area contributed by atoms with Gasteiger partial charge in [0.2, 0.25) is 0 Å². The molecule has 4 atom stereocenters. The predicted molar refractivity (Wildman–Crippen MR) is 42.5 cm³/mol.